The monoisotopic (exact) mass is 442 g/mol. The molecule has 0 aromatic rings. The molecule has 0 amide bonds. The molecule has 4 rings (SSSR count). The number of hydrogen-bond donors (Lipinski definition) is 0. The summed E-state index contributed by atoms with van der Waals surface area (Å²) in [4.78, 5) is 24.2. The first-order chi connectivity index (χ1) is 15.1. The molecule has 0 aliphatic heterocycles. The zero-order valence-corrected chi connectivity index (χ0v) is 21.4. The maximum atomic E-state index is 12.6. The predicted molar refractivity (Wildman–Crippen MR) is 129 cm³/mol. The summed E-state index contributed by atoms with van der Waals surface area (Å²) in [6, 6.07) is 0. The van der Waals surface area contributed by atoms with Gasteiger partial charge in [-0.25, -0.2) is 0 Å². The number of fused-ring (bicyclic) bond motifs is 5. The highest BCUT2D eigenvalue weighted by molar-refractivity contribution is 5.96. The highest BCUT2D eigenvalue weighted by Gasteiger charge is 2.60. The van der Waals surface area contributed by atoms with Gasteiger partial charge in [0.25, 0.3) is 0 Å². The first kappa shape index (κ1) is 24.0. The minimum absolute atomic E-state index is 0.00271. The fraction of sp³-hybridized carbons (Fsp3) is 0.862. The van der Waals surface area contributed by atoms with Crippen LogP contribution in [0.15, 0.2) is 11.6 Å². The summed E-state index contributed by atoms with van der Waals surface area (Å²) < 4.78 is 5.47. The third-order valence-electron chi connectivity index (χ3n) is 10.5. The van der Waals surface area contributed by atoms with E-state index in [-0.39, 0.29) is 17.2 Å². The lowest BCUT2D eigenvalue weighted by molar-refractivity contribution is -0.156. The Morgan fingerprint density at radius 3 is 2.53 bits per heavy atom. The molecular formula is C29H46O3. The fourth-order valence-electron chi connectivity index (χ4n) is 8.92. The SMILES string of the molecule is CC(=O)OC1CC2(C)C(=CC1=O)CCC1C2CCC2(C)C(C(C)CCCC(C)C)CCC12. The minimum Gasteiger partial charge on any atom is -0.454 e. The third-order valence-corrected chi connectivity index (χ3v) is 10.5. The molecule has 4 aliphatic rings. The number of carbonyl (C=O) groups excluding carboxylic acids is 2. The molecule has 0 N–H and O–H groups in total. The molecule has 3 saturated carbocycles. The number of ketones is 1. The summed E-state index contributed by atoms with van der Waals surface area (Å²) in [5, 5.41) is 0. The van der Waals surface area contributed by atoms with Crippen molar-refractivity contribution in [3.8, 4) is 0 Å². The van der Waals surface area contributed by atoms with Gasteiger partial charge in [0.15, 0.2) is 11.9 Å². The first-order valence-electron chi connectivity index (χ1n) is 13.5. The van der Waals surface area contributed by atoms with Gasteiger partial charge in [-0.1, -0.05) is 59.5 Å². The van der Waals surface area contributed by atoms with Gasteiger partial charge in [-0.15, -0.1) is 0 Å². The molecule has 0 radical (unpaired) electrons. The van der Waals surface area contributed by atoms with E-state index in [9.17, 15) is 9.59 Å². The van der Waals surface area contributed by atoms with Gasteiger partial charge < -0.3 is 4.74 Å². The lowest BCUT2D eigenvalue weighted by Gasteiger charge is -2.59. The van der Waals surface area contributed by atoms with E-state index in [1.807, 2.05) is 6.08 Å². The Morgan fingerprint density at radius 2 is 1.84 bits per heavy atom. The first-order valence-corrected chi connectivity index (χ1v) is 13.5. The molecule has 0 heterocycles. The molecule has 4 aliphatic carbocycles. The summed E-state index contributed by atoms with van der Waals surface area (Å²) in [5.74, 6) is 4.38. The second kappa shape index (κ2) is 8.91. The zero-order chi connectivity index (χ0) is 23.3. The van der Waals surface area contributed by atoms with E-state index < -0.39 is 6.10 Å². The van der Waals surface area contributed by atoms with Gasteiger partial charge in [-0.3, -0.25) is 9.59 Å². The van der Waals surface area contributed by atoms with Crippen LogP contribution in [0.3, 0.4) is 0 Å². The van der Waals surface area contributed by atoms with E-state index >= 15 is 0 Å². The van der Waals surface area contributed by atoms with Crippen LogP contribution in [0.1, 0.15) is 106 Å². The third kappa shape index (κ3) is 4.11. The van der Waals surface area contributed by atoms with Crippen LogP contribution in [0.2, 0.25) is 0 Å². The van der Waals surface area contributed by atoms with Crippen molar-refractivity contribution in [1.29, 1.82) is 0 Å². The van der Waals surface area contributed by atoms with Gasteiger partial charge in [-0.05, 0) is 90.9 Å². The van der Waals surface area contributed by atoms with Gasteiger partial charge in [0.1, 0.15) is 0 Å². The fourth-order valence-corrected chi connectivity index (χ4v) is 8.92. The van der Waals surface area contributed by atoms with Crippen LogP contribution in [0, 0.1) is 46.3 Å². The molecule has 3 heteroatoms. The van der Waals surface area contributed by atoms with Crippen LogP contribution < -0.4 is 0 Å². The van der Waals surface area contributed by atoms with E-state index in [4.69, 9.17) is 4.74 Å². The highest BCUT2D eigenvalue weighted by atomic mass is 16.5. The van der Waals surface area contributed by atoms with Crippen LogP contribution in [0.5, 0.6) is 0 Å². The number of ether oxygens (including phenoxy) is 1. The Labute approximate surface area is 196 Å². The zero-order valence-electron chi connectivity index (χ0n) is 21.4. The van der Waals surface area contributed by atoms with E-state index in [1.165, 1.54) is 63.9 Å². The smallest absolute Gasteiger partial charge is 0.303 e. The molecule has 3 fully saturated rings. The van der Waals surface area contributed by atoms with Crippen molar-refractivity contribution in [1.82, 2.24) is 0 Å². The molecule has 0 saturated heterocycles. The Kier molecular flexibility index (Phi) is 6.69. The number of rotatable bonds is 6. The summed E-state index contributed by atoms with van der Waals surface area (Å²) in [6.45, 7) is 13.6. The van der Waals surface area contributed by atoms with Crippen molar-refractivity contribution in [2.45, 2.75) is 112 Å². The quantitative estimate of drug-likeness (QED) is 0.411. The predicted octanol–water partition coefficient (Wildman–Crippen LogP) is 7.14. The van der Waals surface area contributed by atoms with Crippen molar-refractivity contribution >= 4 is 11.8 Å². The summed E-state index contributed by atoms with van der Waals surface area (Å²) in [6.07, 6.45) is 13.8. The molecular weight excluding hydrogens is 396 g/mol. The van der Waals surface area contributed by atoms with Crippen molar-refractivity contribution in [3.63, 3.8) is 0 Å². The molecule has 0 aromatic carbocycles. The summed E-state index contributed by atoms with van der Waals surface area (Å²) >= 11 is 0. The second-order valence-electron chi connectivity index (χ2n) is 12.7. The normalized spacial score (nSPS) is 42.0. The topological polar surface area (TPSA) is 43.4 Å². The highest BCUT2D eigenvalue weighted by Crippen LogP contribution is 2.67. The van der Waals surface area contributed by atoms with Crippen LogP contribution in [0.4, 0.5) is 0 Å². The second-order valence-corrected chi connectivity index (χ2v) is 12.7. The van der Waals surface area contributed by atoms with Crippen LogP contribution in [-0.4, -0.2) is 17.9 Å². The molecule has 180 valence electrons. The van der Waals surface area contributed by atoms with E-state index in [1.54, 1.807) is 0 Å². The van der Waals surface area contributed by atoms with Gasteiger partial charge in [0.05, 0.1) is 0 Å². The Bertz CT molecular complexity index is 766. The molecule has 3 nitrogen and oxygen atoms in total. The summed E-state index contributed by atoms with van der Waals surface area (Å²) in [5.41, 5.74) is 1.84. The van der Waals surface area contributed by atoms with Crippen LogP contribution in [-0.2, 0) is 14.3 Å². The minimum atomic E-state index is -0.578. The molecule has 32 heavy (non-hydrogen) atoms. The van der Waals surface area contributed by atoms with Gasteiger partial charge >= 0.3 is 5.97 Å². The Hall–Kier alpha value is -1.12. The molecule has 8 unspecified atom stereocenters. The van der Waals surface area contributed by atoms with Gasteiger partial charge in [0.2, 0.25) is 0 Å². The average Bonchev–Trinajstić information content (AvgIpc) is 3.05. The van der Waals surface area contributed by atoms with Crippen molar-refractivity contribution in [2.75, 3.05) is 0 Å². The Morgan fingerprint density at radius 1 is 1.09 bits per heavy atom. The molecule has 0 spiro atoms. The Balaban J connectivity index is 1.51. The van der Waals surface area contributed by atoms with Crippen LogP contribution in [0.25, 0.3) is 0 Å². The number of allylic oxidation sites excluding steroid dienone is 1. The molecule has 0 aromatic heterocycles. The standard InChI is InChI=1S/C29H46O3/c1-18(2)8-7-9-19(3)23-12-13-24-22-11-10-21-16-26(31)27(32-20(4)30)17-29(21,6)25(22)14-15-28(23,24)5/h16,18-19,22-25,27H,7-15,17H2,1-6H3. The van der Waals surface area contributed by atoms with E-state index in [2.05, 4.69) is 34.6 Å². The van der Waals surface area contributed by atoms with Crippen LogP contribution >= 0.6 is 0 Å². The van der Waals surface area contributed by atoms with E-state index in [0.717, 1.165) is 36.0 Å². The van der Waals surface area contributed by atoms with Crippen molar-refractivity contribution in [3.05, 3.63) is 11.6 Å². The summed E-state index contributed by atoms with van der Waals surface area (Å²) in [7, 11) is 0. The van der Waals surface area contributed by atoms with Crippen molar-refractivity contribution in [2.24, 2.45) is 46.3 Å². The largest absolute Gasteiger partial charge is 0.454 e. The van der Waals surface area contributed by atoms with Gasteiger partial charge in [0, 0.05) is 13.3 Å². The number of esters is 1. The average molecular weight is 443 g/mol. The number of hydrogen-bond acceptors (Lipinski definition) is 3. The van der Waals surface area contributed by atoms with Crippen molar-refractivity contribution < 1.29 is 14.3 Å². The molecule has 8 atom stereocenters. The maximum Gasteiger partial charge on any atom is 0.303 e. The van der Waals surface area contributed by atoms with E-state index in [0.29, 0.717) is 17.8 Å². The molecule has 0 bridgehead atoms. The lowest BCUT2D eigenvalue weighted by atomic mass is 9.46. The maximum absolute atomic E-state index is 12.6. The lowest BCUT2D eigenvalue weighted by Crippen LogP contribution is -2.53. The van der Waals surface area contributed by atoms with Gasteiger partial charge in [-0.2, -0.15) is 0 Å². The number of carbonyl (C=O) groups is 2.